The number of benzene rings is 1. The van der Waals surface area contributed by atoms with Crippen LogP contribution in [-0.2, 0) is 0 Å². The van der Waals surface area contributed by atoms with Gasteiger partial charge in [-0.3, -0.25) is 0 Å². The lowest BCUT2D eigenvalue weighted by Crippen LogP contribution is -2.46. The standard InChI is InChI=1S/C20H22ClN5/c1-2-25-8-10-26(11-9-25)19-13-16(6-7-22-19)20-23-14-18(24-20)15-4-3-5-17(21)12-15/h3-7,12-14H,2,8-11H2,1H3,(H,23,24). The maximum atomic E-state index is 6.09. The van der Waals surface area contributed by atoms with Crippen molar-refractivity contribution < 1.29 is 0 Å². The molecule has 0 atom stereocenters. The topological polar surface area (TPSA) is 48.0 Å². The fourth-order valence-electron chi connectivity index (χ4n) is 3.30. The van der Waals surface area contributed by atoms with Gasteiger partial charge in [0.05, 0.1) is 5.69 Å². The van der Waals surface area contributed by atoms with E-state index in [9.17, 15) is 0 Å². The number of hydrogen-bond acceptors (Lipinski definition) is 4. The Kier molecular flexibility index (Phi) is 4.91. The third-order valence-electron chi connectivity index (χ3n) is 4.86. The SMILES string of the molecule is CCN1CCN(c2cc(-c3nc(-c4cccc(Cl)c4)c[nH]3)ccn2)CC1. The van der Waals surface area contributed by atoms with Crippen molar-refractivity contribution in [1.29, 1.82) is 0 Å². The number of aromatic amines is 1. The van der Waals surface area contributed by atoms with Crippen LogP contribution in [0.15, 0.2) is 48.8 Å². The quantitative estimate of drug-likeness (QED) is 0.758. The van der Waals surface area contributed by atoms with Crippen molar-refractivity contribution >= 4 is 17.4 Å². The molecular formula is C20H22ClN5. The average Bonchev–Trinajstić information content (AvgIpc) is 3.19. The lowest BCUT2D eigenvalue weighted by Gasteiger charge is -2.34. The predicted molar refractivity (Wildman–Crippen MR) is 107 cm³/mol. The first-order chi connectivity index (χ1) is 12.7. The third-order valence-corrected chi connectivity index (χ3v) is 5.10. The van der Waals surface area contributed by atoms with Gasteiger partial charge in [0.15, 0.2) is 0 Å². The normalized spacial score (nSPS) is 15.4. The fraction of sp³-hybridized carbons (Fsp3) is 0.300. The maximum absolute atomic E-state index is 6.09. The van der Waals surface area contributed by atoms with E-state index in [0.29, 0.717) is 5.02 Å². The molecule has 134 valence electrons. The van der Waals surface area contributed by atoms with Crippen molar-refractivity contribution in [3.05, 3.63) is 53.8 Å². The predicted octanol–water partition coefficient (Wildman–Crippen LogP) is 3.93. The summed E-state index contributed by atoms with van der Waals surface area (Å²) in [4.78, 5) is 17.4. The van der Waals surface area contributed by atoms with E-state index in [2.05, 4.69) is 32.8 Å². The van der Waals surface area contributed by atoms with Gasteiger partial charge in [-0.25, -0.2) is 9.97 Å². The van der Waals surface area contributed by atoms with Crippen molar-refractivity contribution in [2.45, 2.75) is 6.92 Å². The van der Waals surface area contributed by atoms with Gasteiger partial charge in [0.2, 0.25) is 0 Å². The molecule has 0 spiro atoms. The molecule has 1 aliphatic heterocycles. The van der Waals surface area contributed by atoms with Crippen molar-refractivity contribution in [1.82, 2.24) is 19.9 Å². The lowest BCUT2D eigenvalue weighted by molar-refractivity contribution is 0.270. The zero-order chi connectivity index (χ0) is 17.9. The number of anilines is 1. The zero-order valence-corrected chi connectivity index (χ0v) is 15.6. The number of hydrogen-bond donors (Lipinski definition) is 1. The number of likely N-dealkylation sites (N-methyl/N-ethyl adjacent to an activating group) is 1. The first-order valence-electron chi connectivity index (χ1n) is 8.98. The number of nitrogens with zero attached hydrogens (tertiary/aromatic N) is 4. The minimum atomic E-state index is 0.712. The Bertz CT molecular complexity index is 883. The highest BCUT2D eigenvalue weighted by atomic mass is 35.5. The number of H-pyrrole nitrogens is 1. The number of imidazole rings is 1. The number of rotatable bonds is 4. The van der Waals surface area contributed by atoms with Crippen LogP contribution in [0.5, 0.6) is 0 Å². The number of piperazine rings is 1. The molecule has 26 heavy (non-hydrogen) atoms. The summed E-state index contributed by atoms with van der Waals surface area (Å²) in [6.07, 6.45) is 3.78. The van der Waals surface area contributed by atoms with Gasteiger partial charge in [0.25, 0.3) is 0 Å². The van der Waals surface area contributed by atoms with Gasteiger partial charge in [-0.1, -0.05) is 30.7 Å². The van der Waals surface area contributed by atoms with Gasteiger partial charge in [-0.05, 0) is 30.8 Å². The van der Waals surface area contributed by atoms with E-state index >= 15 is 0 Å². The van der Waals surface area contributed by atoms with Gasteiger partial charge in [0.1, 0.15) is 11.6 Å². The molecule has 2 aromatic heterocycles. The van der Waals surface area contributed by atoms with Crippen LogP contribution in [0.3, 0.4) is 0 Å². The molecule has 1 fully saturated rings. The number of nitrogens with one attached hydrogen (secondary N) is 1. The Morgan fingerprint density at radius 2 is 1.92 bits per heavy atom. The first-order valence-corrected chi connectivity index (χ1v) is 9.36. The molecule has 5 nitrogen and oxygen atoms in total. The van der Waals surface area contributed by atoms with Crippen LogP contribution in [0.1, 0.15) is 6.92 Å². The maximum Gasteiger partial charge on any atom is 0.138 e. The second-order valence-corrected chi connectivity index (χ2v) is 6.91. The van der Waals surface area contributed by atoms with Crippen LogP contribution in [0.2, 0.25) is 5.02 Å². The largest absolute Gasteiger partial charge is 0.354 e. The summed E-state index contributed by atoms with van der Waals surface area (Å²) in [5.41, 5.74) is 2.93. The minimum absolute atomic E-state index is 0.712. The van der Waals surface area contributed by atoms with E-state index < -0.39 is 0 Å². The molecule has 1 N–H and O–H groups in total. The first kappa shape index (κ1) is 17.1. The van der Waals surface area contributed by atoms with E-state index in [0.717, 1.165) is 61.2 Å². The molecule has 3 heterocycles. The molecule has 3 aromatic rings. The molecule has 0 saturated carbocycles. The molecule has 4 rings (SSSR count). The average molecular weight is 368 g/mol. The van der Waals surface area contributed by atoms with E-state index in [1.165, 1.54) is 0 Å². The van der Waals surface area contributed by atoms with Crippen LogP contribution in [0.25, 0.3) is 22.6 Å². The third kappa shape index (κ3) is 3.59. The smallest absolute Gasteiger partial charge is 0.138 e. The number of aromatic nitrogens is 3. The highest BCUT2D eigenvalue weighted by molar-refractivity contribution is 6.30. The number of pyridine rings is 1. The molecule has 1 saturated heterocycles. The highest BCUT2D eigenvalue weighted by Gasteiger charge is 2.17. The second kappa shape index (κ2) is 7.48. The molecular weight excluding hydrogens is 346 g/mol. The van der Waals surface area contributed by atoms with Crippen LogP contribution in [-0.4, -0.2) is 52.6 Å². The van der Waals surface area contributed by atoms with E-state index in [1.54, 1.807) is 0 Å². The minimum Gasteiger partial charge on any atom is -0.354 e. The fourth-order valence-corrected chi connectivity index (χ4v) is 3.49. The summed E-state index contributed by atoms with van der Waals surface area (Å²) in [5.74, 6) is 1.86. The van der Waals surface area contributed by atoms with Gasteiger partial charge < -0.3 is 14.8 Å². The van der Waals surface area contributed by atoms with Gasteiger partial charge in [-0.2, -0.15) is 0 Å². The van der Waals surface area contributed by atoms with E-state index in [-0.39, 0.29) is 0 Å². The van der Waals surface area contributed by atoms with Gasteiger partial charge >= 0.3 is 0 Å². The van der Waals surface area contributed by atoms with Crippen molar-refractivity contribution in [2.75, 3.05) is 37.6 Å². The van der Waals surface area contributed by atoms with Crippen LogP contribution >= 0.6 is 11.6 Å². The Balaban J connectivity index is 1.56. The Labute approximate surface area is 158 Å². The molecule has 1 aliphatic rings. The number of halogens is 1. The molecule has 0 bridgehead atoms. The Morgan fingerprint density at radius 1 is 1.08 bits per heavy atom. The summed E-state index contributed by atoms with van der Waals surface area (Å²) >= 11 is 6.09. The molecule has 1 aromatic carbocycles. The van der Waals surface area contributed by atoms with E-state index in [4.69, 9.17) is 16.6 Å². The van der Waals surface area contributed by atoms with Crippen molar-refractivity contribution in [2.24, 2.45) is 0 Å². The van der Waals surface area contributed by atoms with Crippen LogP contribution in [0, 0.1) is 0 Å². The lowest BCUT2D eigenvalue weighted by atomic mass is 10.2. The molecule has 0 radical (unpaired) electrons. The summed E-state index contributed by atoms with van der Waals surface area (Å²) in [5, 5.41) is 0.712. The summed E-state index contributed by atoms with van der Waals surface area (Å²) in [6.45, 7) is 7.51. The van der Waals surface area contributed by atoms with Gasteiger partial charge in [-0.15, -0.1) is 0 Å². The van der Waals surface area contributed by atoms with Gasteiger partial charge in [0, 0.05) is 54.7 Å². The van der Waals surface area contributed by atoms with Crippen LogP contribution in [0.4, 0.5) is 5.82 Å². The second-order valence-electron chi connectivity index (χ2n) is 6.47. The molecule has 0 aliphatic carbocycles. The Morgan fingerprint density at radius 3 is 2.69 bits per heavy atom. The van der Waals surface area contributed by atoms with Crippen molar-refractivity contribution in [3.63, 3.8) is 0 Å². The summed E-state index contributed by atoms with van der Waals surface area (Å²) in [6, 6.07) is 11.8. The molecule has 6 heteroatoms. The van der Waals surface area contributed by atoms with E-state index in [1.807, 2.05) is 42.7 Å². The molecule has 0 unspecified atom stereocenters. The summed E-state index contributed by atoms with van der Waals surface area (Å²) < 4.78 is 0. The summed E-state index contributed by atoms with van der Waals surface area (Å²) in [7, 11) is 0. The zero-order valence-electron chi connectivity index (χ0n) is 14.8. The monoisotopic (exact) mass is 367 g/mol. The molecule has 0 amide bonds. The Hall–Kier alpha value is -2.37. The highest BCUT2D eigenvalue weighted by Crippen LogP contribution is 2.26. The van der Waals surface area contributed by atoms with Crippen molar-refractivity contribution in [3.8, 4) is 22.6 Å². The van der Waals surface area contributed by atoms with Crippen LogP contribution < -0.4 is 4.90 Å².